The Balaban J connectivity index is 1.31. The van der Waals surface area contributed by atoms with Crippen LogP contribution in [-0.4, -0.2) is 52.7 Å². The molecular formula is C27H34N4O2. The Morgan fingerprint density at radius 3 is 2.52 bits per heavy atom. The molecule has 174 valence electrons. The molecule has 2 aromatic rings. The van der Waals surface area contributed by atoms with Crippen molar-refractivity contribution in [3.8, 4) is 0 Å². The second-order valence-electron chi connectivity index (χ2n) is 9.74. The normalized spacial score (nSPS) is 20.5. The van der Waals surface area contributed by atoms with E-state index in [1.54, 1.807) is 0 Å². The molecule has 1 aromatic heterocycles. The molecule has 0 radical (unpaired) electrons. The number of piperidine rings is 1. The molecule has 1 amide bonds. The van der Waals surface area contributed by atoms with Crippen molar-refractivity contribution < 1.29 is 9.59 Å². The molecule has 2 fully saturated rings. The Kier molecular flexibility index (Phi) is 6.70. The molecule has 33 heavy (non-hydrogen) atoms. The minimum atomic E-state index is -0.0675. The van der Waals surface area contributed by atoms with Gasteiger partial charge in [-0.25, -0.2) is 9.97 Å². The summed E-state index contributed by atoms with van der Waals surface area (Å²) in [5.74, 6) is 0.932. The fraction of sp³-hybridized carbons (Fsp3) is 0.556. The number of aromatic nitrogens is 2. The van der Waals surface area contributed by atoms with Crippen LogP contribution in [0.5, 0.6) is 0 Å². The van der Waals surface area contributed by atoms with Crippen LogP contribution < -0.4 is 4.90 Å². The van der Waals surface area contributed by atoms with Gasteiger partial charge in [0, 0.05) is 49.8 Å². The average Bonchev–Trinajstić information content (AvgIpc) is 3.42. The van der Waals surface area contributed by atoms with Crippen LogP contribution in [0.25, 0.3) is 0 Å². The van der Waals surface area contributed by atoms with E-state index < -0.39 is 0 Å². The number of fused-ring (bicyclic) bond motifs is 1. The Labute approximate surface area is 196 Å². The van der Waals surface area contributed by atoms with Crippen molar-refractivity contribution in [2.24, 2.45) is 5.92 Å². The Bertz CT molecular complexity index is 1000. The van der Waals surface area contributed by atoms with Gasteiger partial charge in [-0.05, 0) is 63.4 Å². The first kappa shape index (κ1) is 22.1. The van der Waals surface area contributed by atoms with E-state index in [2.05, 4.69) is 17.0 Å². The molecule has 1 aliphatic carbocycles. The Morgan fingerprint density at radius 1 is 0.909 bits per heavy atom. The SMILES string of the molecule is O=C(CCc1ccccc1)[C@H]1CCCN(C(=O)c2nc(N3CCCC3)nc3c2CCCC3)C1. The first-order chi connectivity index (χ1) is 16.2. The summed E-state index contributed by atoms with van der Waals surface area (Å²) in [5.41, 5.74) is 3.90. The summed E-state index contributed by atoms with van der Waals surface area (Å²) in [6.45, 7) is 3.16. The number of nitrogens with zero attached hydrogens (tertiary/aromatic N) is 4. The maximum Gasteiger partial charge on any atom is 0.272 e. The number of amides is 1. The number of carbonyl (C=O) groups is 2. The molecule has 1 aromatic carbocycles. The number of hydrogen-bond acceptors (Lipinski definition) is 5. The van der Waals surface area contributed by atoms with Gasteiger partial charge in [0.05, 0.1) is 0 Å². The minimum Gasteiger partial charge on any atom is -0.341 e. The third kappa shape index (κ3) is 4.94. The van der Waals surface area contributed by atoms with Crippen molar-refractivity contribution in [1.29, 1.82) is 0 Å². The van der Waals surface area contributed by atoms with Gasteiger partial charge >= 0.3 is 0 Å². The van der Waals surface area contributed by atoms with Crippen LogP contribution in [-0.2, 0) is 24.1 Å². The van der Waals surface area contributed by atoms with E-state index in [0.29, 0.717) is 25.2 Å². The lowest BCUT2D eigenvalue weighted by Gasteiger charge is -2.33. The minimum absolute atomic E-state index is 0.00319. The topological polar surface area (TPSA) is 66.4 Å². The number of benzene rings is 1. The molecule has 0 bridgehead atoms. The lowest BCUT2D eigenvalue weighted by atomic mass is 9.89. The largest absolute Gasteiger partial charge is 0.341 e. The summed E-state index contributed by atoms with van der Waals surface area (Å²) in [6.07, 6.45) is 9.38. The number of Topliss-reactive ketones (excluding diaryl/α,β-unsaturated/α-hetero) is 1. The first-order valence-corrected chi connectivity index (χ1v) is 12.7. The van der Waals surface area contributed by atoms with E-state index in [1.165, 1.54) is 5.56 Å². The zero-order valence-corrected chi connectivity index (χ0v) is 19.5. The second-order valence-corrected chi connectivity index (χ2v) is 9.74. The quantitative estimate of drug-likeness (QED) is 0.671. The standard InChI is InChI=1S/C27H34N4O2/c32-24(15-14-20-9-2-1-3-10-20)21-11-8-18-31(19-21)26(33)25-22-12-4-5-13-23(22)28-27(29-25)30-16-6-7-17-30/h1-3,9-10,21H,4-8,11-19H2/t21-/m0/s1. The summed E-state index contributed by atoms with van der Waals surface area (Å²) in [6, 6.07) is 10.2. The number of rotatable bonds is 6. The van der Waals surface area contributed by atoms with Gasteiger partial charge in [0.1, 0.15) is 11.5 Å². The van der Waals surface area contributed by atoms with E-state index >= 15 is 0 Å². The maximum absolute atomic E-state index is 13.7. The lowest BCUT2D eigenvalue weighted by molar-refractivity contribution is -0.124. The number of anilines is 1. The third-order valence-electron chi connectivity index (χ3n) is 7.43. The second kappa shape index (κ2) is 10.0. The van der Waals surface area contributed by atoms with Crippen LogP contribution in [0, 0.1) is 5.92 Å². The molecule has 0 spiro atoms. The van der Waals surface area contributed by atoms with E-state index in [9.17, 15) is 9.59 Å². The number of hydrogen-bond donors (Lipinski definition) is 0. The van der Waals surface area contributed by atoms with Gasteiger partial charge in [0.15, 0.2) is 0 Å². The van der Waals surface area contributed by atoms with Gasteiger partial charge in [-0.3, -0.25) is 9.59 Å². The van der Waals surface area contributed by atoms with Crippen molar-refractivity contribution in [2.75, 3.05) is 31.1 Å². The molecule has 0 unspecified atom stereocenters. The van der Waals surface area contributed by atoms with Crippen molar-refractivity contribution in [3.63, 3.8) is 0 Å². The molecule has 3 aliphatic rings. The molecular weight excluding hydrogens is 412 g/mol. The summed E-state index contributed by atoms with van der Waals surface area (Å²) >= 11 is 0. The van der Waals surface area contributed by atoms with E-state index in [4.69, 9.17) is 9.97 Å². The van der Waals surface area contributed by atoms with Crippen LogP contribution in [0.15, 0.2) is 30.3 Å². The van der Waals surface area contributed by atoms with Gasteiger partial charge in [-0.1, -0.05) is 30.3 Å². The smallest absolute Gasteiger partial charge is 0.272 e. The molecule has 2 aliphatic heterocycles. The summed E-state index contributed by atoms with van der Waals surface area (Å²) in [4.78, 5) is 40.5. The van der Waals surface area contributed by atoms with Crippen LogP contribution in [0.1, 0.15) is 72.3 Å². The number of likely N-dealkylation sites (tertiary alicyclic amines) is 1. The Morgan fingerprint density at radius 2 is 1.70 bits per heavy atom. The van der Waals surface area contributed by atoms with Crippen LogP contribution in [0.4, 0.5) is 5.95 Å². The van der Waals surface area contributed by atoms with Gasteiger partial charge in [0.2, 0.25) is 5.95 Å². The zero-order valence-electron chi connectivity index (χ0n) is 19.5. The summed E-state index contributed by atoms with van der Waals surface area (Å²) in [5, 5.41) is 0. The first-order valence-electron chi connectivity index (χ1n) is 12.7. The highest BCUT2D eigenvalue weighted by atomic mass is 16.2. The maximum atomic E-state index is 13.7. The fourth-order valence-corrected chi connectivity index (χ4v) is 5.51. The van der Waals surface area contributed by atoms with Gasteiger partial charge in [-0.15, -0.1) is 0 Å². The molecule has 6 nitrogen and oxygen atoms in total. The van der Waals surface area contributed by atoms with Gasteiger partial charge in [-0.2, -0.15) is 0 Å². The molecule has 2 saturated heterocycles. The third-order valence-corrected chi connectivity index (χ3v) is 7.43. The van der Waals surface area contributed by atoms with Crippen molar-refractivity contribution in [1.82, 2.24) is 14.9 Å². The van der Waals surface area contributed by atoms with E-state index in [1.807, 2.05) is 23.1 Å². The van der Waals surface area contributed by atoms with Crippen LogP contribution in [0.2, 0.25) is 0 Å². The van der Waals surface area contributed by atoms with E-state index in [-0.39, 0.29) is 17.6 Å². The highest BCUT2D eigenvalue weighted by Gasteiger charge is 2.32. The number of ketones is 1. The van der Waals surface area contributed by atoms with Crippen LogP contribution in [0.3, 0.4) is 0 Å². The average molecular weight is 447 g/mol. The molecule has 0 saturated carbocycles. The number of carbonyl (C=O) groups excluding carboxylic acids is 2. The Hall–Kier alpha value is -2.76. The molecule has 0 N–H and O–H groups in total. The predicted octanol–water partition coefficient (Wildman–Crippen LogP) is 4.01. The van der Waals surface area contributed by atoms with Crippen LogP contribution >= 0.6 is 0 Å². The number of aryl methyl sites for hydroxylation is 2. The fourth-order valence-electron chi connectivity index (χ4n) is 5.51. The predicted molar refractivity (Wildman–Crippen MR) is 129 cm³/mol. The monoisotopic (exact) mass is 446 g/mol. The molecule has 1 atom stereocenters. The summed E-state index contributed by atoms with van der Waals surface area (Å²) < 4.78 is 0. The highest BCUT2D eigenvalue weighted by molar-refractivity contribution is 5.95. The molecule has 5 rings (SSSR count). The highest BCUT2D eigenvalue weighted by Crippen LogP contribution is 2.28. The lowest BCUT2D eigenvalue weighted by Crippen LogP contribution is -2.43. The van der Waals surface area contributed by atoms with Gasteiger partial charge in [0.25, 0.3) is 5.91 Å². The molecule has 3 heterocycles. The van der Waals surface area contributed by atoms with E-state index in [0.717, 1.165) is 88.1 Å². The van der Waals surface area contributed by atoms with Crippen molar-refractivity contribution >= 4 is 17.6 Å². The molecule has 6 heteroatoms. The van der Waals surface area contributed by atoms with Crippen molar-refractivity contribution in [3.05, 3.63) is 52.8 Å². The zero-order chi connectivity index (χ0) is 22.6. The van der Waals surface area contributed by atoms with Crippen molar-refractivity contribution in [2.45, 2.75) is 64.2 Å². The summed E-state index contributed by atoms with van der Waals surface area (Å²) in [7, 11) is 0. The van der Waals surface area contributed by atoms with Gasteiger partial charge < -0.3 is 9.80 Å².